The first-order valence-electron chi connectivity index (χ1n) is 9.12. The van der Waals surface area contributed by atoms with Gasteiger partial charge in [0.25, 0.3) is 0 Å². The van der Waals surface area contributed by atoms with Crippen LogP contribution in [0.1, 0.15) is 31.0 Å². The molecule has 0 aromatic heterocycles. The lowest BCUT2D eigenvalue weighted by Crippen LogP contribution is -2.41. The summed E-state index contributed by atoms with van der Waals surface area (Å²) in [6.45, 7) is 6.47. The summed E-state index contributed by atoms with van der Waals surface area (Å²) in [5, 5.41) is 6.94. The van der Waals surface area contributed by atoms with Crippen LogP contribution in [0.15, 0.2) is 42.5 Å². The molecule has 0 saturated carbocycles. The predicted molar refractivity (Wildman–Crippen MR) is 115 cm³/mol. The molecule has 0 unspecified atom stereocenters. The number of hydrogen-bond donors (Lipinski definition) is 2. The molecule has 0 spiro atoms. The van der Waals surface area contributed by atoms with Crippen LogP contribution in [0.25, 0.3) is 0 Å². The van der Waals surface area contributed by atoms with Gasteiger partial charge in [-0.2, -0.15) is 0 Å². The van der Waals surface area contributed by atoms with Gasteiger partial charge in [0.15, 0.2) is 0 Å². The molecule has 2 aromatic carbocycles. The van der Waals surface area contributed by atoms with Crippen molar-refractivity contribution < 1.29 is 9.59 Å². The minimum absolute atomic E-state index is 0.107. The number of rotatable bonds is 8. The topological polar surface area (TPSA) is 61.4 Å². The van der Waals surface area contributed by atoms with Gasteiger partial charge in [-0.3, -0.25) is 14.5 Å². The van der Waals surface area contributed by atoms with Crippen LogP contribution in [0.3, 0.4) is 0 Å². The fourth-order valence-corrected chi connectivity index (χ4v) is 3.27. The van der Waals surface area contributed by atoms with E-state index >= 15 is 0 Å². The van der Waals surface area contributed by atoms with Crippen molar-refractivity contribution in [3.05, 3.63) is 63.6 Å². The third-order valence-corrected chi connectivity index (χ3v) is 4.98. The van der Waals surface area contributed by atoms with Crippen LogP contribution in [-0.2, 0) is 9.59 Å². The summed E-state index contributed by atoms with van der Waals surface area (Å²) in [6.07, 6.45) is 0. The van der Waals surface area contributed by atoms with E-state index < -0.39 is 0 Å². The Balaban J connectivity index is 1.90. The quantitative estimate of drug-likeness (QED) is 0.661. The zero-order chi connectivity index (χ0) is 20.7. The number of likely N-dealkylation sites (N-methyl/N-ethyl adjacent to an activating group) is 1. The summed E-state index contributed by atoms with van der Waals surface area (Å²) in [7, 11) is 0. The molecule has 5 nitrogen and oxygen atoms in total. The highest BCUT2D eigenvalue weighted by molar-refractivity contribution is 6.31. The van der Waals surface area contributed by atoms with Crippen LogP contribution >= 0.6 is 23.2 Å². The van der Waals surface area contributed by atoms with Gasteiger partial charge in [-0.1, -0.05) is 54.4 Å². The second-order valence-corrected chi connectivity index (χ2v) is 7.47. The minimum Gasteiger partial charge on any atom is -0.348 e. The number of nitrogens with zero attached hydrogens (tertiary/aromatic N) is 1. The highest BCUT2D eigenvalue weighted by Gasteiger charge is 2.17. The number of carbonyl (C=O) groups excluding carboxylic acids is 2. The van der Waals surface area contributed by atoms with E-state index in [1.54, 1.807) is 23.1 Å². The van der Waals surface area contributed by atoms with Gasteiger partial charge in [-0.15, -0.1) is 0 Å². The molecule has 28 heavy (non-hydrogen) atoms. The summed E-state index contributed by atoms with van der Waals surface area (Å²) in [5.74, 6) is -0.361. The van der Waals surface area contributed by atoms with Crippen LogP contribution in [-0.4, -0.2) is 36.3 Å². The number of amides is 2. The lowest BCUT2D eigenvalue weighted by molar-refractivity contribution is -0.123. The molecule has 0 aliphatic carbocycles. The van der Waals surface area contributed by atoms with Crippen LogP contribution in [0.2, 0.25) is 10.0 Å². The molecule has 0 saturated heterocycles. The van der Waals surface area contributed by atoms with Crippen molar-refractivity contribution in [1.82, 2.24) is 10.2 Å². The minimum atomic E-state index is -0.220. The Morgan fingerprint density at radius 2 is 1.75 bits per heavy atom. The monoisotopic (exact) mass is 421 g/mol. The molecule has 0 radical (unpaired) electrons. The molecule has 2 amide bonds. The van der Waals surface area contributed by atoms with E-state index in [1.165, 1.54) is 0 Å². The molecule has 2 aromatic rings. The molecule has 1 atom stereocenters. The third-order valence-electron chi connectivity index (χ3n) is 4.40. The molecule has 0 aliphatic heterocycles. The van der Waals surface area contributed by atoms with E-state index in [9.17, 15) is 9.59 Å². The number of nitrogens with one attached hydrogen (secondary N) is 2. The number of carbonyl (C=O) groups is 2. The molecule has 2 rings (SSSR count). The normalized spacial score (nSPS) is 11.9. The van der Waals surface area contributed by atoms with Gasteiger partial charge in [0.05, 0.1) is 19.1 Å². The van der Waals surface area contributed by atoms with Crippen molar-refractivity contribution in [2.24, 2.45) is 0 Å². The average Bonchev–Trinajstić information content (AvgIpc) is 2.64. The molecule has 0 bridgehead atoms. The highest BCUT2D eigenvalue weighted by Crippen LogP contribution is 2.22. The Kier molecular flexibility index (Phi) is 8.30. The van der Waals surface area contributed by atoms with E-state index in [4.69, 9.17) is 23.2 Å². The molecule has 150 valence electrons. The average molecular weight is 422 g/mol. The fraction of sp³-hybridized carbons (Fsp3) is 0.333. The number of hydrogen-bond acceptors (Lipinski definition) is 3. The van der Waals surface area contributed by atoms with Gasteiger partial charge in [0.2, 0.25) is 11.8 Å². The van der Waals surface area contributed by atoms with Gasteiger partial charge < -0.3 is 10.6 Å². The van der Waals surface area contributed by atoms with Crippen LogP contribution in [0.5, 0.6) is 0 Å². The zero-order valence-electron chi connectivity index (χ0n) is 16.3. The Hall–Kier alpha value is -2.08. The predicted octanol–water partition coefficient (Wildman–Crippen LogP) is 4.44. The van der Waals surface area contributed by atoms with Crippen molar-refractivity contribution in [2.45, 2.75) is 26.8 Å². The molecular formula is C21H25Cl2N3O2. The van der Waals surface area contributed by atoms with E-state index in [0.29, 0.717) is 22.3 Å². The van der Waals surface area contributed by atoms with Crippen molar-refractivity contribution in [2.75, 3.05) is 25.0 Å². The smallest absolute Gasteiger partial charge is 0.238 e. The van der Waals surface area contributed by atoms with Gasteiger partial charge in [0.1, 0.15) is 0 Å². The lowest BCUT2D eigenvalue weighted by atomic mass is 10.1. The van der Waals surface area contributed by atoms with E-state index in [2.05, 4.69) is 10.6 Å². The molecule has 0 heterocycles. The van der Waals surface area contributed by atoms with Crippen molar-refractivity contribution in [3.8, 4) is 0 Å². The van der Waals surface area contributed by atoms with Crippen molar-refractivity contribution in [3.63, 3.8) is 0 Å². The Bertz CT molecular complexity index is 842. The second-order valence-electron chi connectivity index (χ2n) is 6.62. The van der Waals surface area contributed by atoms with Gasteiger partial charge in [-0.05, 0) is 49.7 Å². The molecule has 0 aliphatic rings. The van der Waals surface area contributed by atoms with Crippen LogP contribution < -0.4 is 10.6 Å². The van der Waals surface area contributed by atoms with Gasteiger partial charge >= 0.3 is 0 Å². The number of aryl methyl sites for hydroxylation is 1. The number of anilines is 1. The largest absolute Gasteiger partial charge is 0.348 e. The molecule has 2 N–H and O–H groups in total. The summed E-state index contributed by atoms with van der Waals surface area (Å²) < 4.78 is 0. The fourth-order valence-electron chi connectivity index (χ4n) is 2.80. The zero-order valence-corrected chi connectivity index (χ0v) is 17.8. The SMILES string of the molecule is CCN(CC(=O)Nc1cc(Cl)ccc1C)CC(=O)N[C@H](C)c1ccccc1Cl. The first-order valence-corrected chi connectivity index (χ1v) is 9.88. The van der Waals surface area contributed by atoms with Crippen LogP contribution in [0, 0.1) is 6.92 Å². The first-order chi connectivity index (χ1) is 13.3. The van der Waals surface area contributed by atoms with E-state index in [1.807, 2.05) is 45.0 Å². The molecule has 0 fully saturated rings. The summed E-state index contributed by atoms with van der Waals surface area (Å²) in [4.78, 5) is 26.5. The van der Waals surface area contributed by atoms with Gasteiger partial charge in [-0.25, -0.2) is 0 Å². The highest BCUT2D eigenvalue weighted by atomic mass is 35.5. The maximum atomic E-state index is 12.4. The molecule has 7 heteroatoms. The summed E-state index contributed by atoms with van der Waals surface area (Å²) >= 11 is 12.2. The van der Waals surface area contributed by atoms with E-state index in [-0.39, 0.29) is 30.9 Å². The van der Waals surface area contributed by atoms with Gasteiger partial charge in [0, 0.05) is 15.7 Å². The maximum absolute atomic E-state index is 12.4. The summed E-state index contributed by atoms with van der Waals surface area (Å²) in [6, 6.07) is 12.5. The summed E-state index contributed by atoms with van der Waals surface area (Å²) in [5.41, 5.74) is 2.45. The third kappa shape index (κ3) is 6.51. The van der Waals surface area contributed by atoms with Crippen molar-refractivity contribution in [1.29, 1.82) is 0 Å². The standard InChI is InChI=1S/C21H25Cl2N3O2/c1-4-26(13-21(28)25-19-11-16(22)10-9-14(19)2)12-20(27)24-15(3)17-7-5-6-8-18(17)23/h5-11,15H,4,12-13H2,1-3H3,(H,24,27)(H,25,28)/t15-/m1/s1. The van der Waals surface area contributed by atoms with E-state index in [0.717, 1.165) is 11.1 Å². The number of benzene rings is 2. The maximum Gasteiger partial charge on any atom is 0.238 e. The van der Waals surface area contributed by atoms with Crippen molar-refractivity contribution >= 4 is 40.7 Å². The first kappa shape index (κ1) is 22.2. The second kappa shape index (κ2) is 10.5. The Morgan fingerprint density at radius 3 is 2.43 bits per heavy atom. The number of halogens is 2. The van der Waals surface area contributed by atoms with Crippen LogP contribution in [0.4, 0.5) is 5.69 Å². The Labute approximate surface area is 176 Å². The molecular weight excluding hydrogens is 397 g/mol. The Morgan fingerprint density at radius 1 is 1.07 bits per heavy atom. The lowest BCUT2D eigenvalue weighted by Gasteiger charge is -2.22.